The monoisotopic (exact) mass is 495 g/mol. The van der Waals surface area contributed by atoms with Crippen LogP contribution in [-0.4, -0.2) is 72.4 Å². The molecule has 0 bridgehead atoms. The number of aryl methyl sites for hydroxylation is 1. The van der Waals surface area contributed by atoms with Gasteiger partial charge in [-0.2, -0.15) is 0 Å². The Morgan fingerprint density at radius 3 is 2.75 bits per heavy atom. The number of pyridine rings is 1. The van der Waals surface area contributed by atoms with Crippen molar-refractivity contribution in [1.29, 1.82) is 0 Å². The molecule has 1 saturated heterocycles. The van der Waals surface area contributed by atoms with E-state index in [1.54, 1.807) is 0 Å². The Labute approximate surface area is 214 Å². The summed E-state index contributed by atoms with van der Waals surface area (Å²) in [4.78, 5) is 22.4. The number of carbonyl (C=O) groups excluding carboxylic acids is 1. The molecule has 2 aromatic rings. The zero-order valence-corrected chi connectivity index (χ0v) is 21.3. The highest BCUT2D eigenvalue weighted by molar-refractivity contribution is 5.68. The number of aromatic nitrogens is 1. The fourth-order valence-electron chi connectivity index (χ4n) is 5.41. The second kappa shape index (κ2) is 13.7. The summed E-state index contributed by atoms with van der Waals surface area (Å²) in [6, 6.07) is 14.3. The van der Waals surface area contributed by atoms with Crippen molar-refractivity contribution < 1.29 is 14.3 Å². The Hall–Kier alpha value is -2.52. The molecule has 8 heteroatoms. The normalized spacial score (nSPS) is 21.5. The van der Waals surface area contributed by atoms with Gasteiger partial charge in [0, 0.05) is 25.9 Å². The molecule has 196 valence electrons. The van der Waals surface area contributed by atoms with Gasteiger partial charge in [0.05, 0.1) is 30.4 Å². The first-order valence-electron chi connectivity index (χ1n) is 13.4. The van der Waals surface area contributed by atoms with Crippen LogP contribution in [0.1, 0.15) is 55.0 Å². The van der Waals surface area contributed by atoms with Crippen LogP contribution >= 0.6 is 0 Å². The average molecular weight is 496 g/mol. The van der Waals surface area contributed by atoms with Gasteiger partial charge in [0.25, 0.3) is 0 Å². The third kappa shape index (κ3) is 7.03. The number of nitrogens with zero attached hydrogens (tertiary/aromatic N) is 3. The lowest BCUT2D eigenvalue weighted by Crippen LogP contribution is -2.45. The van der Waals surface area contributed by atoms with E-state index in [2.05, 4.69) is 11.0 Å². The van der Waals surface area contributed by atoms with Crippen molar-refractivity contribution in [1.82, 2.24) is 14.8 Å². The lowest BCUT2D eigenvalue weighted by atomic mass is 9.90. The Bertz CT molecular complexity index is 944. The zero-order valence-electron chi connectivity index (χ0n) is 21.3. The predicted octanol–water partition coefficient (Wildman–Crippen LogP) is 3.25. The molecule has 2 aliphatic rings. The molecule has 1 unspecified atom stereocenters. The highest BCUT2D eigenvalue weighted by Crippen LogP contribution is 2.34. The molecule has 0 radical (unpaired) electrons. The number of benzene rings is 1. The third-order valence-corrected chi connectivity index (χ3v) is 7.22. The van der Waals surface area contributed by atoms with Crippen molar-refractivity contribution in [2.45, 2.75) is 63.3 Å². The lowest BCUT2D eigenvalue weighted by Gasteiger charge is -2.38. The number of ether oxygens (including phenoxy) is 2. The second-order valence-electron chi connectivity index (χ2n) is 9.81. The Balaban J connectivity index is 1.48. The summed E-state index contributed by atoms with van der Waals surface area (Å²) in [6.07, 6.45) is 7.37. The number of carbonyl (C=O) groups is 1. The maximum atomic E-state index is 13.3. The highest BCUT2D eigenvalue weighted by Gasteiger charge is 2.39. The van der Waals surface area contributed by atoms with Gasteiger partial charge in [-0.1, -0.05) is 36.4 Å². The van der Waals surface area contributed by atoms with Crippen LogP contribution in [0.2, 0.25) is 0 Å². The number of hydrogen-bond acceptors (Lipinski definition) is 7. The molecule has 1 fully saturated rings. The van der Waals surface area contributed by atoms with Gasteiger partial charge in [-0.15, -0.1) is 0 Å². The van der Waals surface area contributed by atoms with Gasteiger partial charge in [-0.25, -0.2) is 4.79 Å². The van der Waals surface area contributed by atoms with Crippen molar-refractivity contribution in [3.8, 4) is 0 Å². The maximum Gasteiger partial charge on any atom is 0.410 e. The predicted molar refractivity (Wildman–Crippen MR) is 140 cm³/mol. The van der Waals surface area contributed by atoms with Crippen molar-refractivity contribution in [3.63, 3.8) is 0 Å². The minimum Gasteiger partial charge on any atom is -0.445 e. The number of fused-ring (bicyclic) bond motifs is 1. The SMILES string of the molecule is NCCCOC1C[C@@H](CN(CCCN)[C@H]2CCCc3cccnc32)N(C(=O)OCc2ccccc2)C1. The molecule has 2 heterocycles. The van der Waals surface area contributed by atoms with Crippen molar-refractivity contribution >= 4 is 6.09 Å². The number of likely N-dealkylation sites (tertiary alicyclic amines) is 1. The number of rotatable bonds is 12. The van der Waals surface area contributed by atoms with Gasteiger partial charge in [-0.05, 0) is 68.8 Å². The highest BCUT2D eigenvalue weighted by atomic mass is 16.6. The van der Waals surface area contributed by atoms with Crippen LogP contribution in [0.4, 0.5) is 4.79 Å². The fourth-order valence-corrected chi connectivity index (χ4v) is 5.41. The van der Waals surface area contributed by atoms with E-state index in [0.717, 1.165) is 57.2 Å². The van der Waals surface area contributed by atoms with E-state index >= 15 is 0 Å². The van der Waals surface area contributed by atoms with E-state index in [0.29, 0.717) is 26.2 Å². The summed E-state index contributed by atoms with van der Waals surface area (Å²) in [6.45, 7) is 4.26. The average Bonchev–Trinajstić information content (AvgIpc) is 3.32. The first-order valence-corrected chi connectivity index (χ1v) is 13.4. The summed E-state index contributed by atoms with van der Waals surface area (Å²) < 4.78 is 11.8. The summed E-state index contributed by atoms with van der Waals surface area (Å²) >= 11 is 0. The Morgan fingerprint density at radius 1 is 1.11 bits per heavy atom. The molecule has 1 aliphatic carbocycles. The van der Waals surface area contributed by atoms with E-state index in [1.807, 2.05) is 47.5 Å². The van der Waals surface area contributed by atoms with E-state index in [4.69, 9.17) is 25.9 Å². The van der Waals surface area contributed by atoms with Gasteiger partial charge < -0.3 is 25.8 Å². The van der Waals surface area contributed by atoms with E-state index < -0.39 is 0 Å². The van der Waals surface area contributed by atoms with Crippen LogP contribution in [-0.2, 0) is 22.5 Å². The molecule has 0 saturated carbocycles. The first kappa shape index (κ1) is 26.5. The van der Waals surface area contributed by atoms with E-state index in [1.165, 1.54) is 11.3 Å². The van der Waals surface area contributed by atoms with Crippen molar-refractivity contribution in [2.24, 2.45) is 11.5 Å². The van der Waals surface area contributed by atoms with Gasteiger partial charge in [0.15, 0.2) is 0 Å². The fraction of sp³-hybridized carbons (Fsp3) is 0.571. The summed E-state index contributed by atoms with van der Waals surface area (Å²) in [5, 5.41) is 0. The topological polar surface area (TPSA) is 107 Å². The maximum absolute atomic E-state index is 13.3. The minimum atomic E-state index is -0.283. The smallest absolute Gasteiger partial charge is 0.410 e. The molecule has 1 aromatic heterocycles. The van der Waals surface area contributed by atoms with Gasteiger partial charge in [-0.3, -0.25) is 9.88 Å². The molecule has 1 aromatic carbocycles. The van der Waals surface area contributed by atoms with Gasteiger partial charge >= 0.3 is 6.09 Å². The lowest BCUT2D eigenvalue weighted by molar-refractivity contribution is 0.0528. The van der Waals surface area contributed by atoms with Gasteiger partial charge in [0.1, 0.15) is 6.61 Å². The third-order valence-electron chi connectivity index (χ3n) is 7.22. The first-order chi connectivity index (χ1) is 17.7. The molecule has 1 aliphatic heterocycles. The quantitative estimate of drug-likeness (QED) is 0.435. The molecule has 36 heavy (non-hydrogen) atoms. The van der Waals surface area contributed by atoms with Crippen LogP contribution in [0.25, 0.3) is 0 Å². The molecule has 8 nitrogen and oxygen atoms in total. The molecule has 3 atom stereocenters. The van der Waals surface area contributed by atoms with Crippen LogP contribution in [0.15, 0.2) is 48.7 Å². The van der Waals surface area contributed by atoms with Crippen molar-refractivity contribution in [3.05, 3.63) is 65.5 Å². The van der Waals surface area contributed by atoms with Gasteiger partial charge in [0.2, 0.25) is 0 Å². The molecule has 0 spiro atoms. The molecule has 4 N–H and O–H groups in total. The molecular formula is C28H41N5O3. The Morgan fingerprint density at radius 2 is 1.94 bits per heavy atom. The molecule has 4 rings (SSSR count). The standard InChI is InChI=1S/C28H41N5O3/c29-13-6-16-32(26-12-4-10-23-11-5-15-31-27(23)26)19-24-18-25(35-17-7-14-30)20-33(24)28(34)36-21-22-8-2-1-3-9-22/h1-3,5,8-9,11,15,24-26H,4,6-7,10,12-14,16-21,29-30H2/t24-,25?,26-/m0/s1. The van der Waals surface area contributed by atoms with Crippen LogP contribution in [0.5, 0.6) is 0 Å². The minimum absolute atomic E-state index is 0.00279. The zero-order chi connectivity index (χ0) is 25.2. The summed E-state index contributed by atoms with van der Waals surface area (Å²) in [5.41, 5.74) is 15.1. The van der Waals surface area contributed by atoms with Crippen LogP contribution in [0, 0.1) is 0 Å². The summed E-state index contributed by atoms with van der Waals surface area (Å²) in [5.74, 6) is 0. The van der Waals surface area contributed by atoms with Crippen molar-refractivity contribution in [2.75, 3.05) is 39.3 Å². The van der Waals surface area contributed by atoms with E-state index in [9.17, 15) is 4.79 Å². The number of amides is 1. The second-order valence-corrected chi connectivity index (χ2v) is 9.81. The van der Waals surface area contributed by atoms with Crippen LogP contribution in [0.3, 0.4) is 0 Å². The Kier molecular flexibility index (Phi) is 10.1. The molecule has 1 amide bonds. The van der Waals surface area contributed by atoms with Crippen LogP contribution < -0.4 is 11.5 Å². The number of nitrogens with two attached hydrogens (primary N) is 2. The molecular weight excluding hydrogens is 454 g/mol. The largest absolute Gasteiger partial charge is 0.445 e. The van der Waals surface area contributed by atoms with E-state index in [-0.39, 0.29) is 30.9 Å². The number of hydrogen-bond donors (Lipinski definition) is 2. The summed E-state index contributed by atoms with van der Waals surface area (Å²) in [7, 11) is 0.